The lowest BCUT2D eigenvalue weighted by molar-refractivity contribution is 0.0944. The van der Waals surface area contributed by atoms with Crippen LogP contribution in [0.3, 0.4) is 0 Å². The molecule has 0 unspecified atom stereocenters. The highest BCUT2D eigenvalue weighted by atomic mass is 19.1. The molecule has 1 heterocycles. The first-order valence-corrected chi connectivity index (χ1v) is 8.67. The molecule has 1 aromatic heterocycles. The average Bonchev–Trinajstić information content (AvgIpc) is 2.69. The van der Waals surface area contributed by atoms with Crippen LogP contribution in [0.15, 0.2) is 58.1 Å². The zero-order valence-electron chi connectivity index (χ0n) is 15.5. The topological polar surface area (TPSA) is 86.0 Å². The molecule has 0 radical (unpaired) electrons. The van der Waals surface area contributed by atoms with E-state index in [4.69, 9.17) is 0 Å². The first kappa shape index (κ1) is 19.2. The summed E-state index contributed by atoms with van der Waals surface area (Å²) in [7, 11) is 1.26. The molecular weight excluding hydrogens is 363 g/mol. The summed E-state index contributed by atoms with van der Waals surface area (Å²) in [4.78, 5) is 37.1. The van der Waals surface area contributed by atoms with Crippen LogP contribution >= 0.6 is 0 Å². The van der Waals surface area contributed by atoms with Gasteiger partial charge in [-0.15, -0.1) is 0 Å². The lowest BCUT2D eigenvalue weighted by Gasteiger charge is -2.10. The number of aryl methyl sites for hydroxylation is 1. The SMILES string of the molecule is Cc1ccc(CCNC(=O)c2nn(-c3ccc(F)cc3)c(=O)n(C)c2=O)cc1. The number of amides is 1. The molecule has 7 nitrogen and oxygen atoms in total. The maximum absolute atomic E-state index is 13.1. The van der Waals surface area contributed by atoms with E-state index in [-0.39, 0.29) is 5.69 Å². The second kappa shape index (κ2) is 7.99. The summed E-state index contributed by atoms with van der Waals surface area (Å²) in [5, 5.41) is 6.55. The summed E-state index contributed by atoms with van der Waals surface area (Å²) in [6.07, 6.45) is 0.587. The fraction of sp³-hybridized carbons (Fsp3) is 0.200. The summed E-state index contributed by atoms with van der Waals surface area (Å²) in [5.41, 5.74) is 0.502. The third-order valence-electron chi connectivity index (χ3n) is 4.28. The molecule has 0 fully saturated rings. The summed E-state index contributed by atoms with van der Waals surface area (Å²) in [6, 6.07) is 12.9. The van der Waals surface area contributed by atoms with E-state index in [1.54, 1.807) is 0 Å². The van der Waals surface area contributed by atoms with Gasteiger partial charge in [0, 0.05) is 13.6 Å². The van der Waals surface area contributed by atoms with Crippen molar-refractivity contribution in [3.63, 3.8) is 0 Å². The number of hydrogen-bond donors (Lipinski definition) is 1. The van der Waals surface area contributed by atoms with Gasteiger partial charge in [-0.1, -0.05) is 29.8 Å². The van der Waals surface area contributed by atoms with E-state index in [0.29, 0.717) is 13.0 Å². The van der Waals surface area contributed by atoms with Crippen LogP contribution in [0.4, 0.5) is 4.39 Å². The Morgan fingerprint density at radius 2 is 1.71 bits per heavy atom. The van der Waals surface area contributed by atoms with Gasteiger partial charge < -0.3 is 5.32 Å². The Labute approximate surface area is 160 Å². The van der Waals surface area contributed by atoms with Crippen molar-refractivity contribution in [2.24, 2.45) is 7.05 Å². The molecule has 3 aromatic rings. The van der Waals surface area contributed by atoms with Crippen molar-refractivity contribution in [2.45, 2.75) is 13.3 Å². The fourth-order valence-corrected chi connectivity index (χ4v) is 2.63. The molecule has 0 aliphatic carbocycles. The predicted molar refractivity (Wildman–Crippen MR) is 102 cm³/mol. The molecule has 3 rings (SSSR count). The second-order valence-electron chi connectivity index (χ2n) is 6.38. The molecule has 0 spiro atoms. The predicted octanol–water partition coefficient (Wildman–Crippen LogP) is 1.35. The Hall–Kier alpha value is -3.55. The Balaban J connectivity index is 1.83. The largest absolute Gasteiger partial charge is 0.351 e. The summed E-state index contributed by atoms with van der Waals surface area (Å²) >= 11 is 0. The van der Waals surface area contributed by atoms with Crippen LogP contribution in [0.2, 0.25) is 0 Å². The van der Waals surface area contributed by atoms with Crippen molar-refractivity contribution < 1.29 is 9.18 Å². The van der Waals surface area contributed by atoms with Gasteiger partial charge in [0.25, 0.3) is 11.5 Å². The van der Waals surface area contributed by atoms with E-state index < -0.39 is 28.7 Å². The minimum Gasteiger partial charge on any atom is -0.350 e. The molecule has 0 aliphatic rings. The van der Waals surface area contributed by atoms with Gasteiger partial charge in [0.2, 0.25) is 5.69 Å². The standard InChI is InChI=1S/C20H19FN4O3/c1-13-3-5-14(6-4-13)11-12-22-18(26)17-19(27)24(2)20(28)25(23-17)16-9-7-15(21)8-10-16/h3-10H,11-12H2,1-2H3,(H,22,26). The number of nitrogens with zero attached hydrogens (tertiary/aromatic N) is 3. The van der Waals surface area contributed by atoms with E-state index >= 15 is 0 Å². The van der Waals surface area contributed by atoms with Crippen molar-refractivity contribution >= 4 is 5.91 Å². The van der Waals surface area contributed by atoms with Crippen molar-refractivity contribution in [3.05, 3.63) is 92.0 Å². The number of aromatic nitrogens is 3. The Morgan fingerprint density at radius 1 is 1.07 bits per heavy atom. The number of benzene rings is 2. The highest BCUT2D eigenvalue weighted by Gasteiger charge is 2.18. The second-order valence-corrected chi connectivity index (χ2v) is 6.38. The van der Waals surface area contributed by atoms with Crippen LogP contribution in [0.1, 0.15) is 21.6 Å². The Bertz CT molecular complexity index is 1120. The number of carbonyl (C=O) groups is 1. The number of nitrogens with one attached hydrogen (secondary N) is 1. The molecule has 0 saturated carbocycles. The van der Waals surface area contributed by atoms with Gasteiger partial charge in [-0.05, 0) is 43.2 Å². The highest BCUT2D eigenvalue weighted by molar-refractivity contribution is 5.91. The quantitative estimate of drug-likeness (QED) is 0.722. The maximum atomic E-state index is 13.1. The van der Waals surface area contributed by atoms with Gasteiger partial charge in [-0.3, -0.25) is 14.2 Å². The molecule has 28 heavy (non-hydrogen) atoms. The molecule has 0 aliphatic heterocycles. The van der Waals surface area contributed by atoms with Crippen LogP contribution in [0, 0.1) is 12.7 Å². The van der Waals surface area contributed by atoms with Crippen molar-refractivity contribution in [2.75, 3.05) is 6.54 Å². The van der Waals surface area contributed by atoms with E-state index in [1.165, 1.54) is 19.2 Å². The van der Waals surface area contributed by atoms with E-state index in [0.717, 1.165) is 32.5 Å². The maximum Gasteiger partial charge on any atom is 0.351 e. The molecule has 2 aromatic carbocycles. The van der Waals surface area contributed by atoms with E-state index in [1.807, 2.05) is 31.2 Å². The smallest absolute Gasteiger partial charge is 0.350 e. The molecular formula is C20H19FN4O3. The lowest BCUT2D eigenvalue weighted by Crippen LogP contribution is -2.44. The molecule has 1 N–H and O–H groups in total. The van der Waals surface area contributed by atoms with Gasteiger partial charge in [0.05, 0.1) is 5.69 Å². The first-order valence-electron chi connectivity index (χ1n) is 8.67. The Kier molecular flexibility index (Phi) is 5.49. The third-order valence-corrected chi connectivity index (χ3v) is 4.28. The van der Waals surface area contributed by atoms with Crippen molar-refractivity contribution in [1.82, 2.24) is 19.7 Å². The van der Waals surface area contributed by atoms with Gasteiger partial charge in [0.1, 0.15) is 5.82 Å². The molecule has 0 saturated heterocycles. The van der Waals surface area contributed by atoms with Crippen molar-refractivity contribution in [3.8, 4) is 5.69 Å². The zero-order valence-corrected chi connectivity index (χ0v) is 15.5. The average molecular weight is 382 g/mol. The first-order chi connectivity index (χ1) is 13.4. The number of rotatable bonds is 5. The molecule has 0 bridgehead atoms. The minimum atomic E-state index is -0.795. The molecule has 0 atom stereocenters. The zero-order chi connectivity index (χ0) is 20.3. The van der Waals surface area contributed by atoms with E-state index in [2.05, 4.69) is 10.4 Å². The number of halogens is 1. The summed E-state index contributed by atoms with van der Waals surface area (Å²) in [6.45, 7) is 2.30. The molecule has 144 valence electrons. The van der Waals surface area contributed by atoms with Gasteiger partial charge >= 0.3 is 5.69 Å². The fourth-order valence-electron chi connectivity index (χ4n) is 2.63. The monoisotopic (exact) mass is 382 g/mol. The van der Waals surface area contributed by atoms with Crippen LogP contribution in [0.5, 0.6) is 0 Å². The van der Waals surface area contributed by atoms with E-state index in [9.17, 15) is 18.8 Å². The van der Waals surface area contributed by atoms with Crippen molar-refractivity contribution in [1.29, 1.82) is 0 Å². The van der Waals surface area contributed by atoms with Crippen LogP contribution in [-0.2, 0) is 13.5 Å². The number of hydrogen-bond acceptors (Lipinski definition) is 4. The highest BCUT2D eigenvalue weighted by Crippen LogP contribution is 2.05. The van der Waals surface area contributed by atoms with Crippen LogP contribution in [-0.4, -0.2) is 26.8 Å². The minimum absolute atomic E-state index is 0.246. The van der Waals surface area contributed by atoms with Gasteiger partial charge in [-0.25, -0.2) is 9.18 Å². The van der Waals surface area contributed by atoms with Gasteiger partial charge in [-0.2, -0.15) is 9.78 Å². The van der Waals surface area contributed by atoms with Crippen LogP contribution < -0.4 is 16.6 Å². The third kappa shape index (κ3) is 4.06. The Morgan fingerprint density at radius 3 is 2.36 bits per heavy atom. The normalized spacial score (nSPS) is 10.7. The molecule has 8 heteroatoms. The number of carbonyl (C=O) groups excluding carboxylic acids is 1. The van der Waals surface area contributed by atoms with Crippen LogP contribution in [0.25, 0.3) is 5.69 Å². The van der Waals surface area contributed by atoms with Gasteiger partial charge in [0.15, 0.2) is 0 Å². The molecule has 1 amide bonds. The summed E-state index contributed by atoms with van der Waals surface area (Å²) < 4.78 is 14.8. The lowest BCUT2D eigenvalue weighted by atomic mass is 10.1. The summed E-state index contributed by atoms with van der Waals surface area (Å²) in [5.74, 6) is -1.15.